The van der Waals surface area contributed by atoms with Crippen LogP contribution in [0.5, 0.6) is 0 Å². The highest BCUT2D eigenvalue weighted by atomic mass is 79.9. The summed E-state index contributed by atoms with van der Waals surface area (Å²) in [5.41, 5.74) is 2.69. The second-order valence-electron chi connectivity index (χ2n) is 4.56. The number of carbonyl (C=O) groups is 1. The number of aromatic nitrogens is 1. The molecule has 0 radical (unpaired) electrons. The average Bonchev–Trinajstić information content (AvgIpc) is 2.43. The van der Waals surface area contributed by atoms with Gasteiger partial charge in [-0.15, -0.1) is 0 Å². The molecule has 0 aliphatic heterocycles. The van der Waals surface area contributed by atoms with Gasteiger partial charge in [-0.1, -0.05) is 12.1 Å². The van der Waals surface area contributed by atoms with E-state index in [1.807, 2.05) is 50.2 Å². The number of urea groups is 1. The van der Waals surface area contributed by atoms with Crippen molar-refractivity contribution in [3.05, 3.63) is 58.3 Å². The number of nitrogens with one attached hydrogen (secondary N) is 2. The van der Waals surface area contributed by atoms with Crippen molar-refractivity contribution in [3.63, 3.8) is 0 Å². The van der Waals surface area contributed by atoms with Crippen molar-refractivity contribution in [1.82, 2.24) is 10.3 Å². The number of nitrogens with zero attached hydrogens (tertiary/aromatic N) is 1. The van der Waals surface area contributed by atoms with Crippen LogP contribution in [0, 0.1) is 6.92 Å². The number of benzene rings is 1. The quantitative estimate of drug-likeness (QED) is 0.890. The number of halogens is 1. The summed E-state index contributed by atoms with van der Waals surface area (Å²) >= 11 is 3.43. The molecule has 20 heavy (non-hydrogen) atoms. The van der Waals surface area contributed by atoms with Crippen molar-refractivity contribution in [3.8, 4) is 0 Å². The molecule has 0 aliphatic rings. The predicted molar refractivity (Wildman–Crippen MR) is 83.7 cm³/mol. The number of carbonyl (C=O) groups excluding carboxylic acids is 1. The number of rotatable bonds is 3. The lowest BCUT2D eigenvalue weighted by molar-refractivity contribution is 0.249. The Kier molecular flexibility index (Phi) is 4.74. The Morgan fingerprint density at radius 3 is 2.75 bits per heavy atom. The van der Waals surface area contributed by atoms with Gasteiger partial charge in [0.15, 0.2) is 0 Å². The van der Waals surface area contributed by atoms with Crippen LogP contribution in [0.2, 0.25) is 0 Å². The first-order valence-electron chi connectivity index (χ1n) is 6.31. The van der Waals surface area contributed by atoms with Crippen LogP contribution in [-0.2, 0) is 0 Å². The first-order valence-corrected chi connectivity index (χ1v) is 7.10. The van der Waals surface area contributed by atoms with Crippen LogP contribution in [0.25, 0.3) is 0 Å². The maximum absolute atomic E-state index is 12.0. The van der Waals surface area contributed by atoms with E-state index in [4.69, 9.17) is 0 Å². The Labute approximate surface area is 126 Å². The van der Waals surface area contributed by atoms with Crippen LogP contribution in [-0.4, -0.2) is 11.0 Å². The van der Waals surface area contributed by atoms with E-state index < -0.39 is 0 Å². The fourth-order valence-corrected chi connectivity index (χ4v) is 2.37. The van der Waals surface area contributed by atoms with E-state index in [-0.39, 0.29) is 12.1 Å². The predicted octanol–water partition coefficient (Wildman–Crippen LogP) is 4.04. The third kappa shape index (κ3) is 3.81. The molecule has 5 heteroatoms. The van der Waals surface area contributed by atoms with Gasteiger partial charge < -0.3 is 10.6 Å². The number of hydrogen-bond donors (Lipinski definition) is 2. The molecule has 0 saturated heterocycles. The van der Waals surface area contributed by atoms with Gasteiger partial charge >= 0.3 is 6.03 Å². The van der Waals surface area contributed by atoms with Gasteiger partial charge in [-0.25, -0.2) is 4.79 Å². The van der Waals surface area contributed by atoms with E-state index in [2.05, 4.69) is 31.5 Å². The van der Waals surface area contributed by atoms with Crippen molar-refractivity contribution in [2.45, 2.75) is 19.9 Å². The van der Waals surface area contributed by atoms with Gasteiger partial charge in [0.1, 0.15) is 0 Å². The molecular formula is C15H16BrN3O. The van der Waals surface area contributed by atoms with Crippen LogP contribution in [0.3, 0.4) is 0 Å². The Morgan fingerprint density at radius 1 is 1.30 bits per heavy atom. The summed E-state index contributed by atoms with van der Waals surface area (Å²) < 4.78 is 0.859. The molecule has 0 spiro atoms. The summed E-state index contributed by atoms with van der Waals surface area (Å²) in [6, 6.07) is 11.0. The molecule has 1 atom stereocenters. The van der Waals surface area contributed by atoms with Crippen LogP contribution in [0.4, 0.5) is 10.5 Å². The molecule has 1 heterocycles. The second-order valence-corrected chi connectivity index (χ2v) is 5.41. The van der Waals surface area contributed by atoms with Crippen molar-refractivity contribution in [2.24, 2.45) is 0 Å². The standard InChI is InChI=1S/C15H16BrN3O/c1-10-6-7-14(12(16)9-10)19-15(20)18-11(2)13-5-3-4-8-17-13/h3-9,11H,1-2H3,(H2,18,19,20)/t11-/m1/s1. The molecule has 2 aromatic rings. The monoisotopic (exact) mass is 333 g/mol. The molecule has 0 saturated carbocycles. The lowest BCUT2D eigenvalue weighted by Crippen LogP contribution is -2.31. The van der Waals surface area contributed by atoms with Gasteiger partial charge in [-0.2, -0.15) is 0 Å². The van der Waals surface area contributed by atoms with Gasteiger partial charge in [0.25, 0.3) is 0 Å². The number of aryl methyl sites for hydroxylation is 1. The largest absolute Gasteiger partial charge is 0.330 e. The Hall–Kier alpha value is -1.88. The van der Waals surface area contributed by atoms with Gasteiger partial charge in [0.05, 0.1) is 17.4 Å². The second kappa shape index (κ2) is 6.52. The fourth-order valence-electron chi connectivity index (χ4n) is 1.78. The van der Waals surface area contributed by atoms with Crippen LogP contribution >= 0.6 is 15.9 Å². The molecule has 0 fully saturated rings. The van der Waals surface area contributed by atoms with Crippen LogP contribution in [0.1, 0.15) is 24.2 Å². The topological polar surface area (TPSA) is 54.0 Å². The van der Waals surface area contributed by atoms with E-state index in [1.165, 1.54) is 0 Å². The minimum atomic E-state index is -0.257. The third-order valence-electron chi connectivity index (χ3n) is 2.85. The Morgan fingerprint density at radius 2 is 2.10 bits per heavy atom. The molecular weight excluding hydrogens is 318 g/mol. The lowest BCUT2D eigenvalue weighted by Gasteiger charge is -2.15. The smallest absolute Gasteiger partial charge is 0.319 e. The normalized spacial score (nSPS) is 11.8. The number of pyridine rings is 1. The van der Waals surface area contributed by atoms with Crippen molar-refractivity contribution in [2.75, 3.05) is 5.32 Å². The average molecular weight is 334 g/mol. The third-order valence-corrected chi connectivity index (χ3v) is 3.51. The summed E-state index contributed by atoms with van der Waals surface area (Å²) in [6.07, 6.45) is 1.71. The summed E-state index contributed by atoms with van der Waals surface area (Å²) in [5, 5.41) is 5.67. The first kappa shape index (κ1) is 14.5. The highest BCUT2D eigenvalue weighted by Gasteiger charge is 2.11. The van der Waals surface area contributed by atoms with Crippen molar-refractivity contribution in [1.29, 1.82) is 0 Å². The van der Waals surface area contributed by atoms with Crippen LogP contribution in [0.15, 0.2) is 47.1 Å². The van der Waals surface area contributed by atoms with E-state index >= 15 is 0 Å². The Bertz CT molecular complexity index is 601. The molecule has 104 valence electrons. The highest BCUT2D eigenvalue weighted by Crippen LogP contribution is 2.23. The minimum Gasteiger partial charge on any atom is -0.330 e. The minimum absolute atomic E-state index is 0.152. The summed E-state index contributed by atoms with van der Waals surface area (Å²) in [5.74, 6) is 0. The molecule has 2 N–H and O–H groups in total. The molecule has 4 nitrogen and oxygen atoms in total. The molecule has 0 unspecified atom stereocenters. The molecule has 1 aromatic heterocycles. The molecule has 1 aromatic carbocycles. The van der Waals surface area contributed by atoms with Crippen molar-refractivity contribution >= 4 is 27.6 Å². The van der Waals surface area contributed by atoms with Crippen molar-refractivity contribution < 1.29 is 4.79 Å². The molecule has 0 bridgehead atoms. The maximum Gasteiger partial charge on any atom is 0.319 e. The molecule has 2 rings (SSSR count). The Balaban J connectivity index is 1.99. The number of amides is 2. The summed E-state index contributed by atoms with van der Waals surface area (Å²) in [7, 11) is 0. The SMILES string of the molecule is Cc1ccc(NC(=O)N[C@H](C)c2ccccn2)c(Br)c1. The van der Waals surface area contributed by atoms with E-state index in [0.29, 0.717) is 0 Å². The van der Waals surface area contributed by atoms with E-state index in [0.717, 1.165) is 21.4 Å². The van der Waals surface area contributed by atoms with Crippen LogP contribution < -0.4 is 10.6 Å². The van der Waals surface area contributed by atoms with E-state index in [1.54, 1.807) is 6.20 Å². The van der Waals surface area contributed by atoms with Gasteiger partial charge in [0, 0.05) is 10.7 Å². The molecule has 0 aliphatic carbocycles. The first-order chi connectivity index (χ1) is 9.56. The van der Waals surface area contributed by atoms with Gasteiger partial charge in [-0.05, 0) is 59.6 Å². The summed E-state index contributed by atoms with van der Waals surface area (Å²) in [6.45, 7) is 3.89. The molecule has 2 amide bonds. The fraction of sp³-hybridized carbons (Fsp3) is 0.200. The maximum atomic E-state index is 12.0. The summed E-state index contributed by atoms with van der Waals surface area (Å²) in [4.78, 5) is 16.2. The lowest BCUT2D eigenvalue weighted by atomic mass is 10.2. The zero-order valence-electron chi connectivity index (χ0n) is 11.4. The van der Waals surface area contributed by atoms with Gasteiger partial charge in [-0.3, -0.25) is 4.98 Å². The number of hydrogen-bond acceptors (Lipinski definition) is 2. The van der Waals surface area contributed by atoms with E-state index in [9.17, 15) is 4.79 Å². The highest BCUT2D eigenvalue weighted by molar-refractivity contribution is 9.10. The zero-order valence-corrected chi connectivity index (χ0v) is 12.9. The number of anilines is 1. The zero-order chi connectivity index (χ0) is 14.5. The van der Waals surface area contributed by atoms with Gasteiger partial charge in [0.2, 0.25) is 0 Å².